The largest absolute Gasteiger partial charge is 0.392 e. The van der Waals surface area contributed by atoms with E-state index < -0.39 is 0 Å². The van der Waals surface area contributed by atoms with Crippen LogP contribution in [0.3, 0.4) is 0 Å². The molecule has 0 bridgehead atoms. The molecule has 20 heavy (non-hydrogen) atoms. The third-order valence-corrected chi connectivity index (χ3v) is 3.81. The van der Waals surface area contributed by atoms with Gasteiger partial charge in [0, 0.05) is 28.7 Å². The van der Waals surface area contributed by atoms with Gasteiger partial charge in [0.15, 0.2) is 0 Å². The molecule has 0 fully saturated rings. The molecule has 0 spiro atoms. The first-order chi connectivity index (χ1) is 9.67. The second kappa shape index (κ2) is 5.31. The van der Waals surface area contributed by atoms with Crippen LogP contribution in [0.2, 0.25) is 5.02 Å². The molecule has 2 nitrogen and oxygen atoms in total. The molecule has 0 aliphatic carbocycles. The molecule has 0 saturated carbocycles. The molecular weight excluding hydrogens is 270 g/mol. The first kappa shape index (κ1) is 13.2. The van der Waals surface area contributed by atoms with E-state index in [0.717, 1.165) is 23.0 Å². The van der Waals surface area contributed by atoms with Crippen molar-refractivity contribution in [2.24, 2.45) is 0 Å². The molecule has 0 unspecified atom stereocenters. The zero-order valence-corrected chi connectivity index (χ0v) is 12.1. The third kappa shape index (κ3) is 2.45. The summed E-state index contributed by atoms with van der Waals surface area (Å²) in [6, 6.07) is 14.3. The number of hydrogen-bond donors (Lipinski definition) is 1. The molecule has 0 amide bonds. The zero-order chi connectivity index (χ0) is 14.1. The molecule has 0 atom stereocenters. The summed E-state index contributed by atoms with van der Waals surface area (Å²) >= 11 is 6.09. The Kier molecular flexibility index (Phi) is 3.51. The van der Waals surface area contributed by atoms with Gasteiger partial charge in [-0.3, -0.25) is 0 Å². The third-order valence-electron chi connectivity index (χ3n) is 3.57. The Labute approximate surface area is 123 Å². The summed E-state index contributed by atoms with van der Waals surface area (Å²) in [6.07, 6.45) is 2.00. The number of benzene rings is 2. The number of aromatic nitrogens is 1. The van der Waals surface area contributed by atoms with E-state index in [2.05, 4.69) is 35.8 Å². The number of rotatable bonds is 3. The molecule has 0 aliphatic heterocycles. The Morgan fingerprint density at radius 3 is 2.55 bits per heavy atom. The number of hydrogen-bond acceptors (Lipinski definition) is 1. The van der Waals surface area contributed by atoms with Gasteiger partial charge in [0.1, 0.15) is 0 Å². The summed E-state index contributed by atoms with van der Waals surface area (Å²) in [4.78, 5) is 0. The van der Waals surface area contributed by atoms with Gasteiger partial charge in [-0.2, -0.15) is 0 Å². The van der Waals surface area contributed by atoms with Gasteiger partial charge in [0.05, 0.1) is 12.1 Å². The highest BCUT2D eigenvalue weighted by atomic mass is 35.5. The van der Waals surface area contributed by atoms with Gasteiger partial charge in [0.2, 0.25) is 0 Å². The number of halogens is 1. The number of fused-ring (bicyclic) bond motifs is 1. The van der Waals surface area contributed by atoms with Crippen LogP contribution in [0.1, 0.15) is 16.7 Å². The topological polar surface area (TPSA) is 25.2 Å². The highest BCUT2D eigenvalue weighted by Gasteiger charge is 2.08. The molecule has 3 heteroatoms. The zero-order valence-electron chi connectivity index (χ0n) is 11.3. The van der Waals surface area contributed by atoms with Crippen molar-refractivity contribution in [1.82, 2.24) is 4.57 Å². The van der Waals surface area contributed by atoms with Gasteiger partial charge < -0.3 is 9.67 Å². The van der Waals surface area contributed by atoms with E-state index in [4.69, 9.17) is 11.6 Å². The van der Waals surface area contributed by atoms with Crippen LogP contribution in [-0.4, -0.2) is 9.67 Å². The van der Waals surface area contributed by atoms with Crippen molar-refractivity contribution >= 4 is 22.5 Å². The number of nitrogens with zero attached hydrogens (tertiary/aromatic N) is 1. The van der Waals surface area contributed by atoms with Gasteiger partial charge in [-0.15, -0.1) is 0 Å². The van der Waals surface area contributed by atoms with Crippen molar-refractivity contribution in [2.75, 3.05) is 0 Å². The fourth-order valence-electron chi connectivity index (χ4n) is 2.49. The molecule has 1 N–H and O–H groups in total. The van der Waals surface area contributed by atoms with Crippen molar-refractivity contribution in [1.29, 1.82) is 0 Å². The van der Waals surface area contributed by atoms with E-state index in [0.29, 0.717) is 5.02 Å². The van der Waals surface area contributed by atoms with Crippen LogP contribution in [0.25, 0.3) is 10.9 Å². The first-order valence-electron chi connectivity index (χ1n) is 6.61. The SMILES string of the molecule is Cc1ccc(Cn2cc(CO)c3ccc(Cl)cc32)cc1. The van der Waals surface area contributed by atoms with E-state index >= 15 is 0 Å². The molecule has 3 rings (SSSR count). The summed E-state index contributed by atoms with van der Waals surface area (Å²) in [6.45, 7) is 2.90. The second-order valence-electron chi connectivity index (χ2n) is 5.09. The van der Waals surface area contributed by atoms with E-state index in [1.807, 2.05) is 24.4 Å². The Morgan fingerprint density at radius 1 is 1.10 bits per heavy atom. The second-order valence-corrected chi connectivity index (χ2v) is 5.52. The molecule has 1 heterocycles. The van der Waals surface area contributed by atoms with Crippen molar-refractivity contribution in [3.05, 3.63) is 70.4 Å². The molecule has 2 aromatic carbocycles. The molecule has 0 saturated heterocycles. The van der Waals surface area contributed by atoms with Crippen molar-refractivity contribution in [2.45, 2.75) is 20.1 Å². The lowest BCUT2D eigenvalue weighted by Gasteiger charge is -2.06. The first-order valence-corrected chi connectivity index (χ1v) is 6.99. The fourth-order valence-corrected chi connectivity index (χ4v) is 2.65. The Bertz CT molecular complexity index is 744. The van der Waals surface area contributed by atoms with Crippen LogP contribution < -0.4 is 0 Å². The van der Waals surface area contributed by atoms with E-state index in [1.165, 1.54) is 11.1 Å². The summed E-state index contributed by atoms with van der Waals surface area (Å²) in [5, 5.41) is 11.2. The van der Waals surface area contributed by atoms with Crippen molar-refractivity contribution in [3.63, 3.8) is 0 Å². The average Bonchev–Trinajstić information content (AvgIpc) is 2.79. The monoisotopic (exact) mass is 285 g/mol. The standard InChI is InChI=1S/C17H16ClNO/c1-12-2-4-13(5-3-12)9-19-10-14(11-20)16-7-6-15(18)8-17(16)19/h2-8,10,20H,9,11H2,1H3. The molecule has 102 valence electrons. The van der Waals surface area contributed by atoms with Gasteiger partial charge in [-0.1, -0.05) is 47.5 Å². The summed E-state index contributed by atoms with van der Waals surface area (Å²) in [5.41, 5.74) is 4.48. The highest BCUT2D eigenvalue weighted by Crippen LogP contribution is 2.25. The minimum atomic E-state index is 0.0407. The van der Waals surface area contributed by atoms with E-state index in [-0.39, 0.29) is 6.61 Å². The molecule has 0 radical (unpaired) electrons. The molecule has 3 aromatic rings. The van der Waals surface area contributed by atoms with Crippen LogP contribution >= 0.6 is 11.6 Å². The molecule has 1 aromatic heterocycles. The summed E-state index contributed by atoms with van der Waals surface area (Å²) < 4.78 is 2.14. The minimum Gasteiger partial charge on any atom is -0.392 e. The fraction of sp³-hybridized carbons (Fsp3) is 0.176. The maximum atomic E-state index is 9.47. The lowest BCUT2D eigenvalue weighted by Crippen LogP contribution is -1.97. The minimum absolute atomic E-state index is 0.0407. The van der Waals surface area contributed by atoms with Crippen LogP contribution in [0.4, 0.5) is 0 Å². The Balaban J connectivity index is 2.06. The molecule has 0 aliphatic rings. The average molecular weight is 286 g/mol. The Morgan fingerprint density at radius 2 is 1.85 bits per heavy atom. The van der Waals surface area contributed by atoms with Crippen LogP contribution in [0, 0.1) is 6.92 Å². The predicted molar refractivity (Wildman–Crippen MR) is 83.2 cm³/mol. The van der Waals surface area contributed by atoms with Gasteiger partial charge in [0.25, 0.3) is 0 Å². The lowest BCUT2D eigenvalue weighted by molar-refractivity contribution is 0.283. The van der Waals surface area contributed by atoms with Gasteiger partial charge in [-0.25, -0.2) is 0 Å². The van der Waals surface area contributed by atoms with Crippen molar-refractivity contribution < 1.29 is 5.11 Å². The van der Waals surface area contributed by atoms with Crippen molar-refractivity contribution in [3.8, 4) is 0 Å². The maximum Gasteiger partial charge on any atom is 0.0702 e. The lowest BCUT2D eigenvalue weighted by atomic mass is 10.1. The maximum absolute atomic E-state index is 9.47. The smallest absolute Gasteiger partial charge is 0.0702 e. The Hall–Kier alpha value is -1.77. The van der Waals surface area contributed by atoms with E-state index in [1.54, 1.807) is 0 Å². The van der Waals surface area contributed by atoms with Crippen LogP contribution in [0.15, 0.2) is 48.7 Å². The quantitative estimate of drug-likeness (QED) is 0.768. The van der Waals surface area contributed by atoms with E-state index in [9.17, 15) is 5.11 Å². The highest BCUT2D eigenvalue weighted by molar-refractivity contribution is 6.31. The van der Waals surface area contributed by atoms with Crippen LogP contribution in [-0.2, 0) is 13.2 Å². The number of aryl methyl sites for hydroxylation is 1. The predicted octanol–water partition coefficient (Wildman–Crippen LogP) is 4.14. The summed E-state index contributed by atoms with van der Waals surface area (Å²) in [7, 11) is 0. The number of aliphatic hydroxyl groups is 1. The number of aliphatic hydroxyl groups excluding tert-OH is 1. The van der Waals surface area contributed by atoms with Gasteiger partial charge >= 0.3 is 0 Å². The van der Waals surface area contributed by atoms with Gasteiger partial charge in [-0.05, 0) is 24.6 Å². The normalized spacial score (nSPS) is 11.2. The summed E-state index contributed by atoms with van der Waals surface area (Å²) in [5.74, 6) is 0. The van der Waals surface area contributed by atoms with Crippen LogP contribution in [0.5, 0.6) is 0 Å². The molecular formula is C17H16ClNO.